The van der Waals surface area contributed by atoms with Crippen LogP contribution in [0, 0.1) is 12.3 Å². The van der Waals surface area contributed by atoms with E-state index in [-0.39, 0.29) is 5.41 Å². The van der Waals surface area contributed by atoms with Gasteiger partial charge in [-0.2, -0.15) is 5.10 Å². The van der Waals surface area contributed by atoms with E-state index in [9.17, 15) is 0 Å². The second-order valence-electron chi connectivity index (χ2n) is 6.17. The van der Waals surface area contributed by atoms with E-state index in [1.54, 1.807) is 0 Å². The summed E-state index contributed by atoms with van der Waals surface area (Å²) in [7, 11) is 4.21. The highest BCUT2D eigenvalue weighted by molar-refractivity contribution is 6.31. The maximum Gasteiger partial charge on any atom is 0.0860 e. The van der Waals surface area contributed by atoms with Gasteiger partial charge >= 0.3 is 0 Å². The van der Waals surface area contributed by atoms with E-state index >= 15 is 0 Å². The Bertz CT molecular complexity index is 410. The molecule has 0 saturated carbocycles. The van der Waals surface area contributed by atoms with Crippen LogP contribution in [0.25, 0.3) is 0 Å². The summed E-state index contributed by atoms with van der Waals surface area (Å²) < 4.78 is 1.98. The predicted molar refractivity (Wildman–Crippen MR) is 81.7 cm³/mol. The molecule has 0 fully saturated rings. The third-order valence-corrected chi connectivity index (χ3v) is 3.58. The summed E-state index contributed by atoms with van der Waals surface area (Å²) in [5, 5.41) is 8.72. The molecule has 0 aromatic carbocycles. The Morgan fingerprint density at radius 2 is 2.00 bits per heavy atom. The zero-order valence-corrected chi connectivity index (χ0v) is 13.8. The number of aromatic nitrogens is 2. The first-order chi connectivity index (χ1) is 8.76. The minimum Gasteiger partial charge on any atom is -0.311 e. The average molecular weight is 287 g/mol. The Morgan fingerprint density at radius 1 is 1.37 bits per heavy atom. The van der Waals surface area contributed by atoms with Gasteiger partial charge in [0.05, 0.1) is 16.4 Å². The highest BCUT2D eigenvalue weighted by Crippen LogP contribution is 2.21. The Balaban J connectivity index is 2.58. The van der Waals surface area contributed by atoms with Crippen LogP contribution in [-0.4, -0.2) is 41.9 Å². The fourth-order valence-corrected chi connectivity index (χ4v) is 2.67. The first kappa shape index (κ1) is 16.5. The lowest BCUT2D eigenvalue weighted by Crippen LogP contribution is -2.37. The highest BCUT2D eigenvalue weighted by atomic mass is 35.5. The molecule has 0 atom stereocenters. The second kappa shape index (κ2) is 6.73. The van der Waals surface area contributed by atoms with Crippen LogP contribution in [0.3, 0.4) is 0 Å². The van der Waals surface area contributed by atoms with Crippen LogP contribution in [0.1, 0.15) is 32.2 Å². The van der Waals surface area contributed by atoms with Crippen molar-refractivity contribution in [1.29, 1.82) is 0 Å². The van der Waals surface area contributed by atoms with Gasteiger partial charge in [0.2, 0.25) is 0 Å². The summed E-state index contributed by atoms with van der Waals surface area (Å²) >= 11 is 6.30. The summed E-state index contributed by atoms with van der Waals surface area (Å²) in [5.74, 6) is 0. The van der Waals surface area contributed by atoms with Crippen LogP contribution in [0.5, 0.6) is 0 Å². The van der Waals surface area contributed by atoms with Gasteiger partial charge in [0.1, 0.15) is 0 Å². The fraction of sp³-hybridized carbons (Fsp3) is 0.786. The lowest BCUT2D eigenvalue weighted by atomic mass is 9.93. The Labute approximate surface area is 122 Å². The largest absolute Gasteiger partial charge is 0.311 e. The van der Waals surface area contributed by atoms with Crippen molar-refractivity contribution in [2.75, 3.05) is 27.2 Å². The molecule has 1 rings (SSSR count). The third kappa shape index (κ3) is 4.79. The number of nitrogens with zero attached hydrogens (tertiary/aromatic N) is 3. The van der Waals surface area contributed by atoms with Gasteiger partial charge in [0.25, 0.3) is 0 Å². The lowest BCUT2D eigenvalue weighted by Gasteiger charge is -2.28. The molecule has 0 spiro atoms. The summed E-state index contributed by atoms with van der Waals surface area (Å²) in [5.41, 5.74) is 2.23. The molecule has 1 aromatic rings. The summed E-state index contributed by atoms with van der Waals surface area (Å²) in [6.07, 6.45) is 0. The van der Waals surface area contributed by atoms with E-state index < -0.39 is 0 Å². The fourth-order valence-electron chi connectivity index (χ4n) is 2.47. The van der Waals surface area contributed by atoms with Gasteiger partial charge in [-0.3, -0.25) is 4.68 Å². The molecule has 0 saturated heterocycles. The molecule has 0 aliphatic carbocycles. The molecular formula is C14H27ClN4. The van der Waals surface area contributed by atoms with E-state index in [1.807, 2.05) is 11.6 Å². The van der Waals surface area contributed by atoms with Crippen molar-refractivity contribution in [3.63, 3.8) is 0 Å². The second-order valence-corrected chi connectivity index (χ2v) is 6.55. The average Bonchev–Trinajstić information content (AvgIpc) is 2.54. The standard InChI is InChI=1S/C14H27ClN4/c1-7-19-12(13(15)11(2)17-19)8-16-9-14(3,4)10-18(5)6/h16H,7-10H2,1-6H3. The Morgan fingerprint density at radius 3 is 2.53 bits per heavy atom. The van der Waals surface area contributed by atoms with Gasteiger partial charge in [0, 0.05) is 26.2 Å². The molecule has 4 nitrogen and oxygen atoms in total. The number of halogens is 1. The zero-order chi connectivity index (χ0) is 14.6. The van der Waals surface area contributed by atoms with Crippen molar-refractivity contribution < 1.29 is 0 Å². The van der Waals surface area contributed by atoms with Crippen LogP contribution >= 0.6 is 11.6 Å². The number of hydrogen-bond donors (Lipinski definition) is 1. The van der Waals surface area contributed by atoms with Crippen LogP contribution in [0.15, 0.2) is 0 Å². The van der Waals surface area contributed by atoms with Crippen LogP contribution in [0.2, 0.25) is 5.02 Å². The minimum atomic E-state index is 0.238. The number of aryl methyl sites for hydroxylation is 2. The smallest absolute Gasteiger partial charge is 0.0860 e. The minimum absolute atomic E-state index is 0.238. The first-order valence-electron chi connectivity index (χ1n) is 6.84. The van der Waals surface area contributed by atoms with Gasteiger partial charge in [-0.05, 0) is 33.4 Å². The normalized spacial score (nSPS) is 12.4. The lowest BCUT2D eigenvalue weighted by molar-refractivity contribution is 0.231. The number of nitrogens with one attached hydrogen (secondary N) is 1. The van der Waals surface area contributed by atoms with Crippen molar-refractivity contribution in [2.45, 2.75) is 40.8 Å². The van der Waals surface area contributed by atoms with Gasteiger partial charge in [0.15, 0.2) is 0 Å². The van der Waals surface area contributed by atoms with Crippen LogP contribution in [0.4, 0.5) is 0 Å². The topological polar surface area (TPSA) is 33.1 Å². The first-order valence-corrected chi connectivity index (χ1v) is 7.22. The van der Waals surface area contributed by atoms with Gasteiger partial charge in [-0.1, -0.05) is 25.4 Å². The van der Waals surface area contributed by atoms with Gasteiger partial charge in [-0.25, -0.2) is 0 Å². The third-order valence-electron chi connectivity index (χ3n) is 3.09. The SMILES string of the molecule is CCn1nc(C)c(Cl)c1CNCC(C)(C)CN(C)C. The highest BCUT2D eigenvalue weighted by Gasteiger charge is 2.19. The van der Waals surface area contributed by atoms with Crippen molar-refractivity contribution in [1.82, 2.24) is 20.0 Å². The van der Waals surface area contributed by atoms with E-state index in [0.29, 0.717) is 0 Å². The Hall–Kier alpha value is -0.580. The van der Waals surface area contributed by atoms with E-state index in [4.69, 9.17) is 11.6 Å². The van der Waals surface area contributed by atoms with E-state index in [2.05, 4.69) is 50.2 Å². The molecule has 5 heteroatoms. The molecule has 1 aromatic heterocycles. The Kier molecular flexibility index (Phi) is 5.83. The van der Waals surface area contributed by atoms with Crippen molar-refractivity contribution in [2.24, 2.45) is 5.41 Å². The molecule has 1 N–H and O–H groups in total. The summed E-state index contributed by atoms with van der Waals surface area (Å²) in [6.45, 7) is 12.2. The molecule has 0 unspecified atom stereocenters. The summed E-state index contributed by atoms with van der Waals surface area (Å²) in [6, 6.07) is 0. The van der Waals surface area contributed by atoms with Crippen LogP contribution in [-0.2, 0) is 13.1 Å². The van der Waals surface area contributed by atoms with E-state index in [0.717, 1.165) is 42.6 Å². The van der Waals surface area contributed by atoms with Crippen LogP contribution < -0.4 is 5.32 Å². The van der Waals surface area contributed by atoms with Gasteiger partial charge in [-0.15, -0.1) is 0 Å². The number of rotatable bonds is 7. The molecule has 110 valence electrons. The van der Waals surface area contributed by atoms with Gasteiger partial charge < -0.3 is 10.2 Å². The van der Waals surface area contributed by atoms with Crippen molar-refractivity contribution >= 4 is 11.6 Å². The molecule has 1 heterocycles. The predicted octanol–water partition coefficient (Wildman–Crippen LogP) is 2.54. The monoisotopic (exact) mass is 286 g/mol. The molecule has 19 heavy (non-hydrogen) atoms. The quantitative estimate of drug-likeness (QED) is 0.836. The molecular weight excluding hydrogens is 260 g/mol. The molecule has 0 radical (unpaired) electrons. The zero-order valence-electron chi connectivity index (χ0n) is 13.0. The molecule has 0 aliphatic rings. The number of hydrogen-bond acceptors (Lipinski definition) is 3. The van der Waals surface area contributed by atoms with E-state index in [1.165, 1.54) is 0 Å². The van der Waals surface area contributed by atoms with Crippen molar-refractivity contribution in [3.05, 3.63) is 16.4 Å². The summed E-state index contributed by atoms with van der Waals surface area (Å²) in [4.78, 5) is 2.22. The molecule has 0 aliphatic heterocycles. The maximum atomic E-state index is 6.30. The molecule has 0 amide bonds. The molecule has 0 bridgehead atoms. The maximum absolute atomic E-state index is 6.30. The van der Waals surface area contributed by atoms with Crippen molar-refractivity contribution in [3.8, 4) is 0 Å².